The molecule has 0 saturated carbocycles. The van der Waals surface area contributed by atoms with Crippen LogP contribution in [0.25, 0.3) is 0 Å². The molecule has 0 saturated heterocycles. The van der Waals surface area contributed by atoms with E-state index in [1.807, 2.05) is 6.07 Å². The molecule has 0 aliphatic heterocycles. The van der Waals surface area contributed by atoms with Crippen molar-refractivity contribution in [1.82, 2.24) is 0 Å². The van der Waals surface area contributed by atoms with E-state index in [0.29, 0.717) is 43.1 Å². The molecule has 138 valence electrons. The molecule has 0 aromatic heterocycles. The zero-order valence-corrected chi connectivity index (χ0v) is 17.8. The highest BCUT2D eigenvalue weighted by atomic mass is 79.9. The van der Waals surface area contributed by atoms with Gasteiger partial charge in [-0.2, -0.15) is 5.26 Å². The molecular formula is C18H17Br2NO5. The number of hydrogen-bond acceptors (Lipinski definition) is 6. The Labute approximate surface area is 168 Å². The smallest absolute Gasteiger partial charge is 0.176 e. The lowest BCUT2D eigenvalue weighted by molar-refractivity contribution is 0.112. The number of carbonyl (C=O) groups excluding carboxylic acids is 1. The highest BCUT2D eigenvalue weighted by Gasteiger charge is 2.12. The van der Waals surface area contributed by atoms with Gasteiger partial charge in [-0.1, -0.05) is 0 Å². The van der Waals surface area contributed by atoms with Gasteiger partial charge < -0.3 is 18.9 Å². The Morgan fingerprint density at radius 2 is 1.35 bits per heavy atom. The van der Waals surface area contributed by atoms with Gasteiger partial charge in [0.25, 0.3) is 0 Å². The minimum Gasteiger partial charge on any atom is -0.493 e. The highest BCUT2D eigenvalue weighted by molar-refractivity contribution is 9.11. The van der Waals surface area contributed by atoms with Gasteiger partial charge in [0.2, 0.25) is 0 Å². The number of aldehydes is 1. The molecular weight excluding hydrogens is 470 g/mol. The van der Waals surface area contributed by atoms with Crippen LogP contribution >= 0.6 is 31.9 Å². The van der Waals surface area contributed by atoms with Gasteiger partial charge in [-0.3, -0.25) is 4.79 Å². The van der Waals surface area contributed by atoms with Gasteiger partial charge in [-0.25, -0.2) is 0 Å². The third kappa shape index (κ3) is 4.90. The summed E-state index contributed by atoms with van der Waals surface area (Å²) in [6.45, 7) is 0. The number of ether oxygens (including phenoxy) is 4. The molecule has 6 nitrogen and oxygen atoms in total. The molecule has 0 bridgehead atoms. The Morgan fingerprint density at radius 1 is 0.846 bits per heavy atom. The van der Waals surface area contributed by atoms with E-state index in [0.717, 1.165) is 6.29 Å². The molecule has 0 heterocycles. The molecule has 0 fully saturated rings. The van der Waals surface area contributed by atoms with Gasteiger partial charge in [0.15, 0.2) is 29.3 Å². The van der Waals surface area contributed by atoms with E-state index in [-0.39, 0.29) is 0 Å². The fourth-order valence-electron chi connectivity index (χ4n) is 1.97. The maximum Gasteiger partial charge on any atom is 0.176 e. The van der Waals surface area contributed by atoms with Crippen LogP contribution in [0.15, 0.2) is 33.2 Å². The van der Waals surface area contributed by atoms with Crippen LogP contribution in [0.5, 0.6) is 23.0 Å². The van der Waals surface area contributed by atoms with Gasteiger partial charge in [0.05, 0.1) is 42.9 Å². The lowest BCUT2D eigenvalue weighted by Crippen LogP contribution is -1.94. The predicted octanol–water partition coefficient (Wildman–Crippen LogP) is 4.62. The monoisotopic (exact) mass is 485 g/mol. The van der Waals surface area contributed by atoms with Crippen LogP contribution < -0.4 is 18.9 Å². The number of nitrogens with zero attached hydrogens (tertiary/aromatic N) is 1. The second-order valence-corrected chi connectivity index (χ2v) is 6.18. The summed E-state index contributed by atoms with van der Waals surface area (Å²) in [7, 11) is 6.15. The number of methoxy groups -OCH3 is 4. The Bertz CT molecular complexity index is 818. The summed E-state index contributed by atoms with van der Waals surface area (Å²) in [4.78, 5) is 10.6. The summed E-state index contributed by atoms with van der Waals surface area (Å²) in [5.74, 6) is 2.28. The molecule has 2 aromatic carbocycles. The molecule has 0 radical (unpaired) electrons. The van der Waals surface area contributed by atoms with Crippen molar-refractivity contribution in [3.8, 4) is 29.1 Å². The highest BCUT2D eigenvalue weighted by Crippen LogP contribution is 2.37. The first-order valence-electron chi connectivity index (χ1n) is 7.15. The summed E-state index contributed by atoms with van der Waals surface area (Å²) < 4.78 is 21.5. The van der Waals surface area contributed by atoms with Crippen LogP contribution in [0.4, 0.5) is 0 Å². The summed E-state index contributed by atoms with van der Waals surface area (Å²) in [6.07, 6.45) is 0.756. The van der Waals surface area contributed by atoms with Crippen molar-refractivity contribution >= 4 is 38.1 Å². The SMILES string of the molecule is COc1ccc(C#N)c(Br)c1OC.COc1ccc(C=O)c(Br)c1OC. The largest absolute Gasteiger partial charge is 0.493 e. The van der Waals surface area contributed by atoms with Gasteiger partial charge in [0.1, 0.15) is 6.07 Å². The van der Waals surface area contributed by atoms with Crippen LogP contribution in [-0.2, 0) is 0 Å². The van der Waals surface area contributed by atoms with E-state index >= 15 is 0 Å². The quantitative estimate of drug-likeness (QED) is 0.574. The second kappa shape index (κ2) is 10.7. The topological polar surface area (TPSA) is 77.8 Å². The Hall–Kier alpha value is -2.24. The second-order valence-electron chi connectivity index (χ2n) is 4.60. The average molecular weight is 487 g/mol. The van der Waals surface area contributed by atoms with Crippen molar-refractivity contribution in [2.45, 2.75) is 0 Å². The first-order valence-corrected chi connectivity index (χ1v) is 8.73. The van der Waals surface area contributed by atoms with Crippen molar-refractivity contribution in [1.29, 1.82) is 5.26 Å². The molecule has 0 aliphatic rings. The molecule has 0 spiro atoms. The Kier molecular flexibility index (Phi) is 8.96. The van der Waals surface area contributed by atoms with E-state index in [2.05, 4.69) is 31.9 Å². The Balaban J connectivity index is 0.000000260. The van der Waals surface area contributed by atoms with E-state index in [1.165, 1.54) is 14.2 Å². The molecule has 2 rings (SSSR count). The molecule has 0 aliphatic carbocycles. The summed E-state index contributed by atoms with van der Waals surface area (Å²) in [6, 6.07) is 8.76. The van der Waals surface area contributed by atoms with Crippen molar-refractivity contribution in [3.05, 3.63) is 44.3 Å². The predicted molar refractivity (Wildman–Crippen MR) is 105 cm³/mol. The lowest BCUT2D eigenvalue weighted by Gasteiger charge is -2.09. The molecule has 0 amide bonds. The normalized spacial score (nSPS) is 9.27. The number of carbonyl (C=O) groups is 1. The fraction of sp³-hybridized carbons (Fsp3) is 0.222. The van der Waals surface area contributed by atoms with Gasteiger partial charge in [-0.15, -0.1) is 0 Å². The fourth-order valence-corrected chi connectivity index (χ4v) is 3.13. The zero-order chi connectivity index (χ0) is 19.7. The standard InChI is InChI=1S/C9H8BrNO2.C9H9BrO3/c2*1-12-7-4-3-6(5-11)8(10)9(7)13-2/h3-4H,1-2H3;3-5H,1-2H3. The van der Waals surface area contributed by atoms with E-state index in [9.17, 15) is 4.79 Å². The minimum absolute atomic E-state index is 0.526. The summed E-state index contributed by atoms with van der Waals surface area (Å²) in [5.41, 5.74) is 1.07. The van der Waals surface area contributed by atoms with Crippen molar-refractivity contribution < 1.29 is 23.7 Å². The van der Waals surface area contributed by atoms with Crippen LogP contribution in [0, 0.1) is 11.3 Å². The molecule has 0 N–H and O–H groups in total. The van der Waals surface area contributed by atoms with Crippen LogP contribution in [-0.4, -0.2) is 34.7 Å². The number of halogens is 2. The Morgan fingerprint density at radius 3 is 1.77 bits per heavy atom. The van der Waals surface area contributed by atoms with E-state index in [1.54, 1.807) is 38.5 Å². The van der Waals surface area contributed by atoms with Crippen molar-refractivity contribution in [2.24, 2.45) is 0 Å². The maximum absolute atomic E-state index is 10.6. The lowest BCUT2D eigenvalue weighted by atomic mass is 10.2. The van der Waals surface area contributed by atoms with Gasteiger partial charge >= 0.3 is 0 Å². The van der Waals surface area contributed by atoms with E-state index < -0.39 is 0 Å². The van der Waals surface area contributed by atoms with Crippen molar-refractivity contribution in [2.75, 3.05) is 28.4 Å². The first-order chi connectivity index (χ1) is 12.5. The third-order valence-electron chi connectivity index (χ3n) is 3.25. The molecule has 2 aromatic rings. The van der Waals surface area contributed by atoms with Crippen molar-refractivity contribution in [3.63, 3.8) is 0 Å². The zero-order valence-electron chi connectivity index (χ0n) is 14.6. The van der Waals surface area contributed by atoms with E-state index in [4.69, 9.17) is 24.2 Å². The minimum atomic E-state index is 0.526. The summed E-state index contributed by atoms with van der Waals surface area (Å²) >= 11 is 6.52. The molecule has 0 unspecified atom stereocenters. The summed E-state index contributed by atoms with van der Waals surface area (Å²) in [5, 5.41) is 8.73. The molecule has 8 heteroatoms. The van der Waals surface area contributed by atoms with Gasteiger partial charge in [0, 0.05) is 5.56 Å². The number of nitriles is 1. The number of rotatable bonds is 5. The molecule has 0 atom stereocenters. The number of benzene rings is 2. The molecule has 26 heavy (non-hydrogen) atoms. The average Bonchev–Trinajstić information content (AvgIpc) is 2.67. The van der Waals surface area contributed by atoms with Crippen LogP contribution in [0.1, 0.15) is 15.9 Å². The first kappa shape index (κ1) is 21.8. The van der Waals surface area contributed by atoms with Crippen LogP contribution in [0.2, 0.25) is 0 Å². The number of hydrogen-bond donors (Lipinski definition) is 0. The third-order valence-corrected chi connectivity index (χ3v) is 4.85. The van der Waals surface area contributed by atoms with Crippen LogP contribution in [0.3, 0.4) is 0 Å². The maximum atomic E-state index is 10.6. The van der Waals surface area contributed by atoms with Gasteiger partial charge in [-0.05, 0) is 56.1 Å².